The van der Waals surface area contributed by atoms with E-state index >= 15 is 0 Å². The maximum Gasteiger partial charge on any atom is 0.0625 e. The second-order valence-corrected chi connectivity index (χ2v) is 5.95. The van der Waals surface area contributed by atoms with Crippen LogP contribution in [0.2, 0.25) is 0 Å². The summed E-state index contributed by atoms with van der Waals surface area (Å²) in [4.78, 5) is 0. The zero-order valence-electron chi connectivity index (χ0n) is 9.26. The Kier molecular flexibility index (Phi) is 6.24. The summed E-state index contributed by atoms with van der Waals surface area (Å²) in [5.41, 5.74) is 0. The number of allylic oxidation sites excluding steroid dienone is 6. The van der Waals surface area contributed by atoms with Crippen molar-refractivity contribution in [2.24, 2.45) is 0 Å². The number of rotatable bonds is 5. The van der Waals surface area contributed by atoms with Crippen LogP contribution in [0.15, 0.2) is 35.7 Å². The first-order valence-corrected chi connectivity index (χ1v) is 7.12. The van der Waals surface area contributed by atoms with E-state index in [2.05, 4.69) is 42.5 Å². The van der Waals surface area contributed by atoms with Crippen LogP contribution in [0.25, 0.3) is 0 Å². The lowest BCUT2D eigenvalue weighted by Crippen LogP contribution is -1.91. The van der Waals surface area contributed by atoms with Crippen LogP contribution in [0.4, 0.5) is 0 Å². The van der Waals surface area contributed by atoms with Gasteiger partial charge in [0.2, 0.25) is 0 Å². The molecule has 0 spiro atoms. The fraction of sp³-hybridized carbons (Fsp3) is 0.385. The van der Waals surface area contributed by atoms with E-state index in [1.807, 2.05) is 0 Å². The summed E-state index contributed by atoms with van der Waals surface area (Å²) >= 11 is 0. The van der Waals surface area contributed by atoms with Gasteiger partial charge in [-0.1, -0.05) is 38.3 Å². The van der Waals surface area contributed by atoms with Crippen LogP contribution < -0.4 is 0 Å². The molecule has 0 amide bonds. The topological polar surface area (TPSA) is 47.6 Å². The Morgan fingerprint density at radius 3 is 2.44 bits per heavy atom. The average Bonchev–Trinajstić information content (AvgIpc) is 2.58. The highest BCUT2D eigenvalue weighted by molar-refractivity contribution is 7.62. The van der Waals surface area contributed by atoms with Gasteiger partial charge in [-0.25, -0.2) is 0 Å². The first kappa shape index (κ1) is 12.7. The van der Waals surface area contributed by atoms with E-state index in [-0.39, 0.29) is 7.92 Å². The molecule has 1 aliphatic rings. The molecule has 1 rings (SSSR count). The smallest absolute Gasteiger partial charge is 0.0625 e. The first-order chi connectivity index (χ1) is 7.88. The summed E-state index contributed by atoms with van der Waals surface area (Å²) in [7, 11) is -0.330. The monoisotopic (exact) mass is 230 g/mol. The molecule has 0 unspecified atom stereocenters. The quantitative estimate of drug-likeness (QED) is 0.676. The van der Waals surface area contributed by atoms with E-state index in [1.54, 1.807) is 0 Å². The van der Waals surface area contributed by atoms with Crippen molar-refractivity contribution in [3.8, 4) is 12.1 Å². The molecule has 16 heavy (non-hydrogen) atoms. The summed E-state index contributed by atoms with van der Waals surface area (Å²) < 4.78 is 0. The Labute approximate surface area is 98.3 Å². The van der Waals surface area contributed by atoms with Crippen LogP contribution in [0.3, 0.4) is 0 Å². The van der Waals surface area contributed by atoms with Gasteiger partial charge in [0.25, 0.3) is 0 Å². The van der Waals surface area contributed by atoms with Crippen LogP contribution in [-0.4, -0.2) is 12.3 Å². The zero-order chi connectivity index (χ0) is 11.6. The van der Waals surface area contributed by atoms with Gasteiger partial charge in [-0.2, -0.15) is 10.5 Å². The highest BCUT2D eigenvalue weighted by Gasteiger charge is 2.11. The van der Waals surface area contributed by atoms with Crippen molar-refractivity contribution < 1.29 is 0 Å². The number of hydrogen-bond donors (Lipinski definition) is 0. The Hall–Kier alpha value is -1.37. The molecule has 0 aromatic rings. The zero-order valence-corrected chi connectivity index (χ0v) is 10.2. The van der Waals surface area contributed by atoms with Gasteiger partial charge in [-0.3, -0.25) is 0 Å². The number of nitriles is 2. The summed E-state index contributed by atoms with van der Waals surface area (Å²) in [5.74, 6) is 0. The summed E-state index contributed by atoms with van der Waals surface area (Å²) in [5, 5.41) is 18.6. The van der Waals surface area contributed by atoms with E-state index in [0.717, 1.165) is 18.7 Å². The molecule has 0 saturated carbocycles. The van der Waals surface area contributed by atoms with Crippen molar-refractivity contribution in [1.82, 2.24) is 0 Å². The number of nitrogens with zero attached hydrogens (tertiary/aromatic N) is 2. The van der Waals surface area contributed by atoms with Crippen molar-refractivity contribution in [1.29, 1.82) is 10.5 Å². The molecule has 82 valence electrons. The highest BCUT2D eigenvalue weighted by atomic mass is 31.1. The third kappa shape index (κ3) is 4.43. The molecular formula is C13H15N2P. The highest BCUT2D eigenvalue weighted by Crippen LogP contribution is 2.46. The van der Waals surface area contributed by atoms with Crippen LogP contribution in [-0.2, 0) is 0 Å². The molecule has 0 aromatic carbocycles. The molecule has 0 saturated heterocycles. The molecule has 3 heteroatoms. The minimum absolute atomic E-state index is 0.330. The van der Waals surface area contributed by atoms with Crippen LogP contribution in [0, 0.1) is 22.7 Å². The second-order valence-electron chi connectivity index (χ2n) is 3.46. The van der Waals surface area contributed by atoms with Crippen molar-refractivity contribution in [3.63, 3.8) is 0 Å². The lowest BCUT2D eigenvalue weighted by atomic mass is 10.4. The third-order valence-corrected chi connectivity index (χ3v) is 4.87. The lowest BCUT2D eigenvalue weighted by molar-refractivity contribution is 1.18. The van der Waals surface area contributed by atoms with E-state index in [1.165, 1.54) is 5.31 Å². The fourth-order valence-corrected chi connectivity index (χ4v) is 3.61. The minimum Gasteiger partial charge on any atom is -0.198 e. The summed E-state index contributed by atoms with van der Waals surface area (Å²) in [6, 6.07) is 4.39. The third-order valence-electron chi connectivity index (χ3n) is 2.32. The largest absolute Gasteiger partial charge is 0.198 e. The molecule has 0 radical (unpaired) electrons. The van der Waals surface area contributed by atoms with Crippen LogP contribution in [0.5, 0.6) is 0 Å². The summed E-state index contributed by atoms with van der Waals surface area (Å²) in [6.45, 7) is 0. The molecule has 2 nitrogen and oxygen atoms in total. The molecule has 0 atom stereocenters. The SMILES string of the molecule is N#CCCP(CCC#N)C1=CC=CCC=C1. The second kappa shape index (κ2) is 7.86. The van der Waals surface area contributed by atoms with Gasteiger partial charge in [-0.05, 0) is 24.1 Å². The normalized spacial score (nSPS) is 14.1. The Balaban J connectivity index is 2.67. The molecule has 0 heterocycles. The van der Waals surface area contributed by atoms with Crippen molar-refractivity contribution in [3.05, 3.63) is 35.7 Å². The van der Waals surface area contributed by atoms with Gasteiger partial charge in [0.1, 0.15) is 0 Å². The maximum atomic E-state index is 8.64. The molecule has 0 aliphatic heterocycles. The Bertz CT molecular complexity index is 362. The van der Waals surface area contributed by atoms with E-state index in [4.69, 9.17) is 10.5 Å². The summed E-state index contributed by atoms with van der Waals surface area (Å²) in [6.07, 6.45) is 14.6. The van der Waals surface area contributed by atoms with Gasteiger partial charge in [0.15, 0.2) is 0 Å². The molecule has 0 bridgehead atoms. The van der Waals surface area contributed by atoms with Crippen LogP contribution >= 0.6 is 7.92 Å². The van der Waals surface area contributed by atoms with Gasteiger partial charge < -0.3 is 0 Å². The molecule has 0 aromatic heterocycles. The molecule has 0 fully saturated rings. The fourth-order valence-electron chi connectivity index (χ4n) is 1.52. The molecular weight excluding hydrogens is 215 g/mol. The first-order valence-electron chi connectivity index (χ1n) is 5.40. The Morgan fingerprint density at radius 1 is 1.12 bits per heavy atom. The van der Waals surface area contributed by atoms with Gasteiger partial charge in [0.05, 0.1) is 12.1 Å². The van der Waals surface area contributed by atoms with E-state index in [0.29, 0.717) is 12.8 Å². The average molecular weight is 230 g/mol. The van der Waals surface area contributed by atoms with Gasteiger partial charge >= 0.3 is 0 Å². The van der Waals surface area contributed by atoms with Crippen molar-refractivity contribution in [2.45, 2.75) is 19.3 Å². The molecule has 0 N–H and O–H groups in total. The predicted molar refractivity (Wildman–Crippen MR) is 68.1 cm³/mol. The van der Waals surface area contributed by atoms with Crippen molar-refractivity contribution >= 4 is 7.92 Å². The van der Waals surface area contributed by atoms with E-state index in [9.17, 15) is 0 Å². The predicted octanol–water partition coefficient (Wildman–Crippen LogP) is 3.70. The number of hydrogen-bond acceptors (Lipinski definition) is 2. The standard InChI is InChI=1S/C13H15N2P/c14-9-5-11-16(12-6-10-15)13-7-3-1-2-4-8-13/h1,3-4,7-8H,2,5-6,11-12H2. The van der Waals surface area contributed by atoms with Crippen LogP contribution in [0.1, 0.15) is 19.3 Å². The molecule has 1 aliphatic carbocycles. The Morgan fingerprint density at radius 2 is 1.81 bits per heavy atom. The van der Waals surface area contributed by atoms with Gasteiger partial charge in [-0.15, -0.1) is 0 Å². The van der Waals surface area contributed by atoms with Crippen molar-refractivity contribution in [2.75, 3.05) is 12.3 Å². The maximum absolute atomic E-state index is 8.64. The van der Waals surface area contributed by atoms with Gasteiger partial charge in [0, 0.05) is 12.8 Å². The van der Waals surface area contributed by atoms with E-state index < -0.39 is 0 Å². The minimum atomic E-state index is -0.330. The lowest BCUT2D eigenvalue weighted by Gasteiger charge is -2.15.